The van der Waals surface area contributed by atoms with Gasteiger partial charge in [0.05, 0.1) is 0 Å². The summed E-state index contributed by atoms with van der Waals surface area (Å²) in [6.07, 6.45) is 1.84. The summed E-state index contributed by atoms with van der Waals surface area (Å²) in [4.78, 5) is 0. The van der Waals surface area contributed by atoms with Crippen LogP contribution < -0.4 is 0 Å². The van der Waals surface area contributed by atoms with Crippen molar-refractivity contribution < 1.29 is 4.42 Å². The molecule has 0 N–H and O–H groups in total. The average molecular weight is 376 g/mol. The molecule has 0 fully saturated rings. The second-order valence-corrected chi connectivity index (χ2v) is 7.98. The van der Waals surface area contributed by atoms with Crippen LogP contribution in [0.3, 0.4) is 0 Å². The summed E-state index contributed by atoms with van der Waals surface area (Å²) in [6, 6.07) is 30.4. The molecule has 0 aliphatic heterocycles. The molecule has 29 heavy (non-hydrogen) atoms. The van der Waals surface area contributed by atoms with E-state index < -0.39 is 0 Å². The van der Waals surface area contributed by atoms with Crippen LogP contribution in [0.1, 0.15) is 33.4 Å². The minimum Gasteiger partial charge on any atom is -0.456 e. The Bertz CT molecular complexity index is 1290. The number of hydrogen-bond acceptors (Lipinski definition) is 1. The molecular formula is C28H24O. The molecule has 0 aliphatic rings. The molecule has 142 valence electrons. The van der Waals surface area contributed by atoms with E-state index in [1.54, 1.807) is 0 Å². The van der Waals surface area contributed by atoms with Gasteiger partial charge in [0.1, 0.15) is 11.2 Å². The predicted molar refractivity (Wildman–Crippen MR) is 122 cm³/mol. The molecular weight excluding hydrogens is 352 g/mol. The van der Waals surface area contributed by atoms with Gasteiger partial charge in [0.15, 0.2) is 0 Å². The Morgan fingerprint density at radius 2 is 1.03 bits per heavy atom. The lowest BCUT2D eigenvalue weighted by molar-refractivity contribution is 0.667. The van der Waals surface area contributed by atoms with Crippen LogP contribution >= 0.6 is 0 Å². The first kappa shape index (κ1) is 17.8. The Balaban J connectivity index is 1.69. The number of aryl methyl sites for hydroxylation is 2. The van der Waals surface area contributed by atoms with E-state index in [0.717, 1.165) is 24.0 Å². The molecule has 0 bridgehead atoms. The smallest absolute Gasteiger partial charge is 0.135 e. The molecule has 0 unspecified atom stereocenters. The Morgan fingerprint density at radius 3 is 1.66 bits per heavy atom. The Morgan fingerprint density at radius 1 is 0.552 bits per heavy atom. The normalized spacial score (nSPS) is 11.4. The Hall–Kier alpha value is -3.32. The quantitative estimate of drug-likeness (QED) is 0.319. The molecule has 0 aliphatic carbocycles. The molecule has 1 aromatic heterocycles. The summed E-state index contributed by atoms with van der Waals surface area (Å²) in [6.45, 7) is 4.31. The molecule has 0 amide bonds. The van der Waals surface area contributed by atoms with E-state index in [1.165, 1.54) is 44.2 Å². The van der Waals surface area contributed by atoms with Gasteiger partial charge in [-0.05, 0) is 84.3 Å². The van der Waals surface area contributed by atoms with Crippen molar-refractivity contribution in [3.05, 3.63) is 118 Å². The maximum Gasteiger partial charge on any atom is 0.135 e. The highest BCUT2D eigenvalue weighted by molar-refractivity contribution is 6.05. The molecule has 0 saturated heterocycles. The number of hydrogen-bond donors (Lipinski definition) is 0. The van der Waals surface area contributed by atoms with Crippen LogP contribution in [0.5, 0.6) is 0 Å². The van der Waals surface area contributed by atoms with Gasteiger partial charge in [-0.15, -0.1) is 0 Å². The summed E-state index contributed by atoms with van der Waals surface area (Å²) in [5.74, 6) is 0. The van der Waals surface area contributed by atoms with E-state index in [9.17, 15) is 0 Å². The van der Waals surface area contributed by atoms with Crippen molar-refractivity contribution in [2.45, 2.75) is 26.7 Å². The van der Waals surface area contributed by atoms with Gasteiger partial charge in [-0.1, -0.05) is 60.7 Å². The topological polar surface area (TPSA) is 13.1 Å². The molecule has 0 saturated carbocycles. The van der Waals surface area contributed by atoms with E-state index in [0.29, 0.717) is 0 Å². The molecule has 0 spiro atoms. The predicted octanol–water partition coefficient (Wildman–Crippen LogP) is 7.38. The standard InChI is InChI=1S/C28H24O/c1-19-13-25-26-17-23(15-21-9-5-3-6-10-21)24(16-22-11-7-4-8-12-22)18-28(26)29-27(25)14-20(19)2/h3-14,17-18H,15-16H2,1-2H3. The van der Waals surface area contributed by atoms with E-state index in [-0.39, 0.29) is 0 Å². The largest absolute Gasteiger partial charge is 0.456 e. The van der Waals surface area contributed by atoms with Crippen LogP contribution in [-0.2, 0) is 12.8 Å². The number of furan rings is 1. The minimum atomic E-state index is 0.911. The summed E-state index contributed by atoms with van der Waals surface area (Å²) in [5.41, 5.74) is 9.89. The lowest BCUT2D eigenvalue weighted by atomic mass is 9.93. The average Bonchev–Trinajstić information content (AvgIpc) is 3.06. The Labute approximate surface area is 171 Å². The van der Waals surface area contributed by atoms with Crippen LogP contribution in [-0.4, -0.2) is 0 Å². The maximum absolute atomic E-state index is 6.27. The Kier molecular flexibility index (Phi) is 4.44. The fourth-order valence-electron chi connectivity index (χ4n) is 4.13. The first-order valence-corrected chi connectivity index (χ1v) is 10.2. The summed E-state index contributed by atoms with van der Waals surface area (Å²) in [5, 5.41) is 2.43. The van der Waals surface area contributed by atoms with Gasteiger partial charge < -0.3 is 4.42 Å². The first-order valence-electron chi connectivity index (χ1n) is 10.2. The third kappa shape index (κ3) is 3.45. The van der Waals surface area contributed by atoms with E-state index >= 15 is 0 Å². The van der Waals surface area contributed by atoms with E-state index in [2.05, 4.69) is 98.8 Å². The second-order valence-electron chi connectivity index (χ2n) is 7.98. The number of fused-ring (bicyclic) bond motifs is 3. The molecule has 1 nitrogen and oxygen atoms in total. The van der Waals surface area contributed by atoms with Crippen molar-refractivity contribution >= 4 is 21.9 Å². The zero-order valence-electron chi connectivity index (χ0n) is 16.9. The highest BCUT2D eigenvalue weighted by Gasteiger charge is 2.14. The van der Waals surface area contributed by atoms with E-state index in [4.69, 9.17) is 4.42 Å². The SMILES string of the molecule is Cc1cc2oc3cc(Cc4ccccc4)c(Cc4ccccc4)cc3c2cc1C. The number of rotatable bonds is 4. The van der Waals surface area contributed by atoms with Crippen LogP contribution in [0.4, 0.5) is 0 Å². The van der Waals surface area contributed by atoms with Crippen molar-refractivity contribution in [3.63, 3.8) is 0 Å². The zero-order valence-corrected chi connectivity index (χ0v) is 16.9. The molecule has 4 aromatic carbocycles. The van der Waals surface area contributed by atoms with Crippen molar-refractivity contribution in [2.24, 2.45) is 0 Å². The lowest BCUT2D eigenvalue weighted by Crippen LogP contribution is -1.97. The monoisotopic (exact) mass is 376 g/mol. The van der Waals surface area contributed by atoms with Crippen molar-refractivity contribution in [3.8, 4) is 0 Å². The van der Waals surface area contributed by atoms with Gasteiger partial charge in [-0.3, -0.25) is 0 Å². The van der Waals surface area contributed by atoms with Gasteiger partial charge in [0, 0.05) is 10.8 Å². The van der Waals surface area contributed by atoms with Crippen molar-refractivity contribution in [1.82, 2.24) is 0 Å². The van der Waals surface area contributed by atoms with E-state index in [1.807, 2.05) is 0 Å². The molecule has 1 heterocycles. The van der Waals surface area contributed by atoms with Crippen LogP contribution in [0.25, 0.3) is 21.9 Å². The third-order valence-corrected chi connectivity index (χ3v) is 5.88. The second kappa shape index (κ2) is 7.25. The molecule has 5 aromatic rings. The molecule has 0 atom stereocenters. The van der Waals surface area contributed by atoms with Crippen LogP contribution in [0.15, 0.2) is 89.3 Å². The molecule has 5 rings (SSSR count). The highest BCUT2D eigenvalue weighted by atomic mass is 16.3. The summed E-state index contributed by atoms with van der Waals surface area (Å²) in [7, 11) is 0. The van der Waals surface area contributed by atoms with Crippen LogP contribution in [0.2, 0.25) is 0 Å². The minimum absolute atomic E-state index is 0.911. The summed E-state index contributed by atoms with van der Waals surface area (Å²) >= 11 is 0. The van der Waals surface area contributed by atoms with Crippen LogP contribution in [0, 0.1) is 13.8 Å². The fourth-order valence-corrected chi connectivity index (χ4v) is 4.13. The first-order chi connectivity index (χ1) is 14.2. The van der Waals surface area contributed by atoms with Crippen molar-refractivity contribution in [2.75, 3.05) is 0 Å². The highest BCUT2D eigenvalue weighted by Crippen LogP contribution is 2.34. The lowest BCUT2D eigenvalue weighted by Gasteiger charge is -2.11. The van der Waals surface area contributed by atoms with Gasteiger partial charge >= 0.3 is 0 Å². The molecule has 0 radical (unpaired) electrons. The fraction of sp³-hybridized carbons (Fsp3) is 0.143. The van der Waals surface area contributed by atoms with Gasteiger partial charge in [-0.25, -0.2) is 0 Å². The summed E-state index contributed by atoms with van der Waals surface area (Å²) < 4.78 is 6.27. The van der Waals surface area contributed by atoms with Crippen molar-refractivity contribution in [1.29, 1.82) is 0 Å². The molecule has 1 heteroatoms. The zero-order chi connectivity index (χ0) is 19.8. The number of benzene rings is 4. The van der Waals surface area contributed by atoms with Gasteiger partial charge in [0.2, 0.25) is 0 Å². The van der Waals surface area contributed by atoms with Gasteiger partial charge in [-0.2, -0.15) is 0 Å². The maximum atomic E-state index is 6.27. The van der Waals surface area contributed by atoms with Gasteiger partial charge in [0.25, 0.3) is 0 Å². The third-order valence-electron chi connectivity index (χ3n) is 5.88.